The Morgan fingerprint density at radius 2 is 2.16 bits per heavy atom. The number of carbonyl (C=O) groups is 1. The summed E-state index contributed by atoms with van der Waals surface area (Å²) in [5.41, 5.74) is 1.89. The van der Waals surface area contributed by atoms with Gasteiger partial charge >= 0.3 is 6.03 Å². The number of carbonyl (C=O) groups excluding carboxylic acids is 1. The summed E-state index contributed by atoms with van der Waals surface area (Å²) in [6.07, 6.45) is 4.12. The number of nitrogens with zero attached hydrogens (tertiary/aromatic N) is 1. The Hall–Kier alpha value is -2.28. The molecular weight excluding hydrogens is 322 g/mol. The number of amides is 2. The van der Waals surface area contributed by atoms with Crippen molar-refractivity contribution in [1.29, 1.82) is 0 Å². The minimum atomic E-state index is -0.164. The maximum Gasteiger partial charge on any atom is 0.315 e. The van der Waals surface area contributed by atoms with Crippen LogP contribution in [-0.4, -0.2) is 49.8 Å². The highest BCUT2D eigenvalue weighted by molar-refractivity contribution is 6.01. The highest BCUT2D eigenvalue weighted by Gasteiger charge is 2.41. The standard InChI is InChI=1S/C18H23N3O4/c1-23-12-4-2-11(3-5-12)15-9-14(25-21-15)10-19-18(22)20-16-8-13-6-7-17(16)24-13/h2-5,13-14,16-17H,6-10H2,1H3,(H2,19,20,22)/t13-,14-,16-,17-/m1/s1. The predicted octanol–water partition coefficient (Wildman–Crippen LogP) is 1.81. The summed E-state index contributed by atoms with van der Waals surface area (Å²) in [5.74, 6) is 0.808. The van der Waals surface area contributed by atoms with Crippen LogP contribution in [0.15, 0.2) is 29.4 Å². The highest BCUT2D eigenvalue weighted by Crippen LogP contribution is 2.34. The van der Waals surface area contributed by atoms with E-state index in [2.05, 4.69) is 15.8 Å². The zero-order valence-electron chi connectivity index (χ0n) is 14.2. The summed E-state index contributed by atoms with van der Waals surface area (Å²) in [6.45, 7) is 0.427. The molecule has 7 nitrogen and oxygen atoms in total. The van der Waals surface area contributed by atoms with Crippen LogP contribution < -0.4 is 15.4 Å². The summed E-state index contributed by atoms with van der Waals surface area (Å²) >= 11 is 0. The molecule has 3 aliphatic heterocycles. The molecule has 0 aliphatic carbocycles. The van der Waals surface area contributed by atoms with Crippen LogP contribution in [0.3, 0.4) is 0 Å². The molecule has 0 unspecified atom stereocenters. The lowest BCUT2D eigenvalue weighted by molar-refractivity contribution is 0.0856. The van der Waals surface area contributed by atoms with Crippen molar-refractivity contribution in [2.75, 3.05) is 13.7 Å². The third kappa shape index (κ3) is 3.56. The second kappa shape index (κ2) is 6.92. The highest BCUT2D eigenvalue weighted by atomic mass is 16.6. The number of methoxy groups -OCH3 is 1. The molecule has 4 atom stereocenters. The van der Waals surface area contributed by atoms with E-state index in [9.17, 15) is 4.79 Å². The molecule has 2 N–H and O–H groups in total. The van der Waals surface area contributed by atoms with Crippen LogP contribution in [0.1, 0.15) is 31.2 Å². The summed E-state index contributed by atoms with van der Waals surface area (Å²) in [6, 6.07) is 7.68. The number of hydrogen-bond acceptors (Lipinski definition) is 5. The second-order valence-electron chi connectivity index (χ2n) is 6.77. The minimum absolute atomic E-state index is 0.134. The molecule has 2 bridgehead atoms. The Kier molecular flexibility index (Phi) is 4.48. The SMILES string of the molecule is COc1ccc(C2=NO[C@@H](CNC(=O)N[C@@H]3C[C@H]4CC[C@H]3O4)C2)cc1. The number of urea groups is 1. The van der Waals surface area contributed by atoms with E-state index in [0.717, 1.165) is 36.3 Å². The molecule has 1 aromatic rings. The van der Waals surface area contributed by atoms with Crippen LogP contribution >= 0.6 is 0 Å². The van der Waals surface area contributed by atoms with Gasteiger partial charge < -0.3 is 24.9 Å². The number of benzene rings is 1. The number of oxime groups is 1. The van der Waals surface area contributed by atoms with E-state index >= 15 is 0 Å². The molecule has 2 saturated heterocycles. The fourth-order valence-corrected chi connectivity index (χ4v) is 3.71. The molecule has 2 amide bonds. The zero-order chi connectivity index (χ0) is 17.2. The van der Waals surface area contributed by atoms with Crippen molar-refractivity contribution in [1.82, 2.24) is 10.6 Å². The van der Waals surface area contributed by atoms with Crippen molar-refractivity contribution in [3.63, 3.8) is 0 Å². The molecule has 134 valence electrons. The number of hydrogen-bond donors (Lipinski definition) is 2. The van der Waals surface area contributed by atoms with E-state index in [-0.39, 0.29) is 24.3 Å². The number of nitrogens with one attached hydrogen (secondary N) is 2. The smallest absolute Gasteiger partial charge is 0.315 e. The molecule has 2 fully saturated rings. The molecule has 0 saturated carbocycles. The van der Waals surface area contributed by atoms with E-state index in [4.69, 9.17) is 14.3 Å². The Morgan fingerprint density at radius 1 is 1.32 bits per heavy atom. The van der Waals surface area contributed by atoms with E-state index in [1.807, 2.05) is 24.3 Å². The van der Waals surface area contributed by atoms with E-state index in [0.29, 0.717) is 19.1 Å². The fraction of sp³-hybridized carbons (Fsp3) is 0.556. The van der Waals surface area contributed by atoms with Gasteiger partial charge in [-0.05, 0) is 49.1 Å². The van der Waals surface area contributed by atoms with Gasteiger partial charge in [0.25, 0.3) is 0 Å². The molecule has 1 aromatic carbocycles. The fourth-order valence-electron chi connectivity index (χ4n) is 3.71. The molecule has 7 heteroatoms. The van der Waals surface area contributed by atoms with Gasteiger partial charge in [-0.3, -0.25) is 0 Å². The summed E-state index contributed by atoms with van der Waals surface area (Å²) in [4.78, 5) is 17.5. The van der Waals surface area contributed by atoms with Crippen molar-refractivity contribution in [3.05, 3.63) is 29.8 Å². The second-order valence-corrected chi connectivity index (χ2v) is 6.77. The number of rotatable bonds is 5. The van der Waals surface area contributed by atoms with Gasteiger partial charge in [0.05, 0.1) is 37.6 Å². The monoisotopic (exact) mass is 345 g/mol. The largest absolute Gasteiger partial charge is 0.497 e. The van der Waals surface area contributed by atoms with Crippen molar-refractivity contribution in [2.45, 2.75) is 50.0 Å². The zero-order valence-corrected chi connectivity index (χ0v) is 14.2. The number of fused-ring (bicyclic) bond motifs is 2. The average molecular weight is 345 g/mol. The predicted molar refractivity (Wildman–Crippen MR) is 91.9 cm³/mol. The maximum atomic E-state index is 12.1. The Bertz CT molecular complexity index is 661. The number of ether oxygens (including phenoxy) is 2. The Balaban J connectivity index is 1.21. The van der Waals surface area contributed by atoms with Gasteiger partial charge in [-0.15, -0.1) is 0 Å². The normalized spacial score (nSPS) is 29.9. The van der Waals surface area contributed by atoms with Crippen LogP contribution in [0, 0.1) is 0 Å². The van der Waals surface area contributed by atoms with Gasteiger partial charge in [-0.1, -0.05) is 5.16 Å². The molecule has 3 heterocycles. The van der Waals surface area contributed by atoms with E-state index in [1.165, 1.54) is 0 Å². The first-order valence-corrected chi connectivity index (χ1v) is 8.78. The first-order chi connectivity index (χ1) is 12.2. The van der Waals surface area contributed by atoms with Gasteiger partial charge in [-0.2, -0.15) is 0 Å². The van der Waals surface area contributed by atoms with Crippen molar-refractivity contribution >= 4 is 11.7 Å². The molecular formula is C18H23N3O4. The van der Waals surface area contributed by atoms with E-state index in [1.54, 1.807) is 7.11 Å². The van der Waals surface area contributed by atoms with Crippen LogP contribution in [0.4, 0.5) is 4.79 Å². The van der Waals surface area contributed by atoms with Crippen molar-refractivity contribution in [3.8, 4) is 5.75 Å². The summed E-state index contributed by atoms with van der Waals surface area (Å²) < 4.78 is 10.9. The molecule has 4 rings (SSSR count). The van der Waals surface area contributed by atoms with Crippen LogP contribution in [0.2, 0.25) is 0 Å². The van der Waals surface area contributed by atoms with Crippen LogP contribution in [-0.2, 0) is 9.57 Å². The third-order valence-electron chi connectivity index (χ3n) is 5.07. The summed E-state index contributed by atoms with van der Waals surface area (Å²) in [5, 5.41) is 10.0. The van der Waals surface area contributed by atoms with Gasteiger partial charge in [0.1, 0.15) is 5.75 Å². The molecule has 0 aromatic heterocycles. The molecule has 3 aliphatic rings. The Labute approximate surface area is 146 Å². The van der Waals surface area contributed by atoms with Crippen LogP contribution in [0.5, 0.6) is 5.75 Å². The molecule has 0 spiro atoms. The van der Waals surface area contributed by atoms with Crippen LogP contribution in [0.25, 0.3) is 0 Å². The van der Waals surface area contributed by atoms with Gasteiger partial charge in [-0.25, -0.2) is 4.79 Å². The Morgan fingerprint density at radius 3 is 2.84 bits per heavy atom. The topological polar surface area (TPSA) is 81.2 Å². The third-order valence-corrected chi connectivity index (χ3v) is 5.07. The van der Waals surface area contributed by atoms with Crippen molar-refractivity contribution < 1.29 is 19.1 Å². The lowest BCUT2D eigenvalue weighted by Gasteiger charge is -2.20. The lowest BCUT2D eigenvalue weighted by Crippen LogP contribution is -2.47. The summed E-state index contributed by atoms with van der Waals surface area (Å²) in [7, 11) is 1.64. The van der Waals surface area contributed by atoms with E-state index < -0.39 is 0 Å². The van der Waals surface area contributed by atoms with Gasteiger partial charge in [0.15, 0.2) is 6.10 Å². The lowest BCUT2D eigenvalue weighted by atomic mass is 9.96. The van der Waals surface area contributed by atoms with Gasteiger partial charge in [0.2, 0.25) is 0 Å². The maximum absolute atomic E-state index is 12.1. The molecule has 25 heavy (non-hydrogen) atoms. The van der Waals surface area contributed by atoms with Crippen molar-refractivity contribution in [2.24, 2.45) is 5.16 Å². The minimum Gasteiger partial charge on any atom is -0.497 e. The first kappa shape index (κ1) is 16.2. The first-order valence-electron chi connectivity index (χ1n) is 8.78. The molecule has 0 radical (unpaired) electrons. The van der Waals surface area contributed by atoms with Gasteiger partial charge in [0, 0.05) is 6.42 Å². The average Bonchev–Trinajstić information content (AvgIpc) is 3.37. The quantitative estimate of drug-likeness (QED) is 0.853.